The summed E-state index contributed by atoms with van der Waals surface area (Å²) in [4.78, 5) is 13.3. The molecule has 1 aromatic rings. The van der Waals surface area contributed by atoms with Crippen LogP contribution >= 0.6 is 11.8 Å². The van der Waals surface area contributed by atoms with Crippen molar-refractivity contribution in [2.75, 3.05) is 0 Å². The molecule has 104 valence electrons. The molecule has 0 saturated heterocycles. The number of thioether (sulfide) groups is 1. The molecular weight excluding hydrogens is 254 g/mol. The Hall–Kier alpha value is -0.960. The van der Waals surface area contributed by atoms with Gasteiger partial charge in [0.25, 0.3) is 0 Å². The van der Waals surface area contributed by atoms with E-state index in [9.17, 15) is 4.79 Å². The molecule has 0 bridgehead atoms. The van der Waals surface area contributed by atoms with Crippen LogP contribution in [-0.4, -0.2) is 17.2 Å². The molecule has 0 aliphatic heterocycles. The lowest BCUT2D eigenvalue weighted by molar-refractivity contribution is -0.120. The zero-order chi connectivity index (χ0) is 13.8. The van der Waals surface area contributed by atoms with Crippen molar-refractivity contribution in [3.05, 3.63) is 29.3 Å². The number of hydrogen-bond acceptors (Lipinski definition) is 2. The van der Waals surface area contributed by atoms with Gasteiger partial charge in [-0.2, -0.15) is 0 Å². The van der Waals surface area contributed by atoms with E-state index in [1.807, 2.05) is 6.92 Å². The van der Waals surface area contributed by atoms with Crippen molar-refractivity contribution in [2.24, 2.45) is 0 Å². The van der Waals surface area contributed by atoms with Gasteiger partial charge in [-0.15, -0.1) is 11.8 Å². The predicted molar refractivity (Wildman–Crippen MR) is 81.6 cm³/mol. The smallest absolute Gasteiger partial charge is 0.233 e. The fourth-order valence-electron chi connectivity index (χ4n) is 2.43. The SMILES string of the molecule is Cc1ccc(SC(C)C(=O)NC2CCCC2)cc1C. The van der Waals surface area contributed by atoms with E-state index in [2.05, 4.69) is 37.4 Å². The number of hydrogen-bond donors (Lipinski definition) is 1. The summed E-state index contributed by atoms with van der Waals surface area (Å²) in [5.74, 6) is 0.176. The highest BCUT2D eigenvalue weighted by molar-refractivity contribution is 8.00. The number of carbonyl (C=O) groups is 1. The zero-order valence-electron chi connectivity index (χ0n) is 12.0. The predicted octanol–water partition coefficient (Wildman–Crippen LogP) is 3.84. The molecule has 2 nitrogen and oxygen atoms in total. The summed E-state index contributed by atoms with van der Waals surface area (Å²) < 4.78 is 0. The third-order valence-corrected chi connectivity index (χ3v) is 4.96. The molecule has 1 aromatic carbocycles. The number of amides is 1. The van der Waals surface area contributed by atoms with Crippen molar-refractivity contribution < 1.29 is 4.79 Å². The van der Waals surface area contributed by atoms with Crippen LogP contribution in [0, 0.1) is 13.8 Å². The van der Waals surface area contributed by atoms with E-state index in [0.717, 1.165) is 12.8 Å². The maximum Gasteiger partial charge on any atom is 0.233 e. The molecule has 1 unspecified atom stereocenters. The third-order valence-electron chi connectivity index (χ3n) is 3.86. The second-order valence-electron chi connectivity index (χ2n) is 5.50. The van der Waals surface area contributed by atoms with Gasteiger partial charge >= 0.3 is 0 Å². The van der Waals surface area contributed by atoms with Crippen molar-refractivity contribution >= 4 is 17.7 Å². The van der Waals surface area contributed by atoms with Crippen LogP contribution in [0.25, 0.3) is 0 Å². The number of carbonyl (C=O) groups excluding carboxylic acids is 1. The minimum absolute atomic E-state index is 0.0253. The standard InChI is InChI=1S/C16H23NOS/c1-11-8-9-15(10-12(11)2)19-13(3)16(18)17-14-6-4-5-7-14/h8-10,13-14H,4-7H2,1-3H3,(H,17,18). The summed E-state index contributed by atoms with van der Waals surface area (Å²) in [7, 11) is 0. The van der Waals surface area contributed by atoms with E-state index < -0.39 is 0 Å². The van der Waals surface area contributed by atoms with Gasteiger partial charge in [-0.05, 0) is 56.9 Å². The molecule has 0 spiro atoms. The Bertz CT molecular complexity index is 452. The van der Waals surface area contributed by atoms with Crippen molar-refractivity contribution in [2.45, 2.75) is 62.6 Å². The quantitative estimate of drug-likeness (QED) is 0.847. The van der Waals surface area contributed by atoms with E-state index in [-0.39, 0.29) is 11.2 Å². The summed E-state index contributed by atoms with van der Waals surface area (Å²) in [6.45, 7) is 6.22. The number of benzene rings is 1. The summed E-state index contributed by atoms with van der Waals surface area (Å²) in [5.41, 5.74) is 2.58. The molecule has 3 heteroatoms. The minimum atomic E-state index is -0.0253. The van der Waals surface area contributed by atoms with Gasteiger partial charge in [-0.25, -0.2) is 0 Å². The highest BCUT2D eigenvalue weighted by Gasteiger charge is 2.21. The number of nitrogens with one attached hydrogen (secondary N) is 1. The van der Waals surface area contributed by atoms with Crippen LogP contribution in [-0.2, 0) is 4.79 Å². The van der Waals surface area contributed by atoms with E-state index in [1.54, 1.807) is 11.8 Å². The Morgan fingerprint density at radius 1 is 1.26 bits per heavy atom. The highest BCUT2D eigenvalue weighted by atomic mass is 32.2. The van der Waals surface area contributed by atoms with Crippen LogP contribution in [0.1, 0.15) is 43.7 Å². The Balaban J connectivity index is 1.90. The Kier molecular flexibility index (Phi) is 4.92. The van der Waals surface area contributed by atoms with Crippen molar-refractivity contribution in [1.82, 2.24) is 5.32 Å². The molecular formula is C16H23NOS. The van der Waals surface area contributed by atoms with Gasteiger partial charge in [0.15, 0.2) is 0 Å². The lowest BCUT2D eigenvalue weighted by atomic mass is 10.1. The first-order chi connectivity index (χ1) is 9.06. The van der Waals surface area contributed by atoms with Gasteiger partial charge < -0.3 is 5.32 Å². The maximum absolute atomic E-state index is 12.1. The van der Waals surface area contributed by atoms with Gasteiger partial charge in [-0.3, -0.25) is 4.79 Å². The van der Waals surface area contributed by atoms with E-state index in [4.69, 9.17) is 0 Å². The van der Waals surface area contributed by atoms with Crippen molar-refractivity contribution in [3.8, 4) is 0 Å². The van der Waals surface area contributed by atoms with Crippen molar-refractivity contribution in [1.29, 1.82) is 0 Å². The average Bonchev–Trinajstić information content (AvgIpc) is 2.86. The summed E-state index contributed by atoms with van der Waals surface area (Å²) in [6, 6.07) is 6.81. The summed E-state index contributed by atoms with van der Waals surface area (Å²) >= 11 is 1.65. The molecule has 1 aliphatic rings. The minimum Gasteiger partial charge on any atom is -0.352 e. The Morgan fingerprint density at radius 3 is 2.58 bits per heavy atom. The second-order valence-corrected chi connectivity index (χ2v) is 6.91. The third kappa shape index (κ3) is 4.00. The molecule has 1 saturated carbocycles. The monoisotopic (exact) mass is 277 g/mol. The highest BCUT2D eigenvalue weighted by Crippen LogP contribution is 2.26. The van der Waals surface area contributed by atoms with Crippen LogP contribution < -0.4 is 5.32 Å². The molecule has 0 radical (unpaired) electrons. The van der Waals surface area contributed by atoms with Crippen LogP contribution in [0.4, 0.5) is 0 Å². The molecule has 0 aromatic heterocycles. The largest absolute Gasteiger partial charge is 0.352 e. The van der Waals surface area contributed by atoms with Gasteiger partial charge in [-0.1, -0.05) is 18.9 Å². The van der Waals surface area contributed by atoms with Gasteiger partial charge in [0.05, 0.1) is 5.25 Å². The Morgan fingerprint density at radius 2 is 1.95 bits per heavy atom. The first-order valence-corrected chi connectivity index (χ1v) is 7.98. The molecule has 1 fully saturated rings. The Labute approximate surface area is 120 Å². The molecule has 1 aliphatic carbocycles. The van der Waals surface area contributed by atoms with Crippen LogP contribution in [0.15, 0.2) is 23.1 Å². The van der Waals surface area contributed by atoms with Gasteiger partial charge in [0.1, 0.15) is 0 Å². The topological polar surface area (TPSA) is 29.1 Å². The molecule has 0 heterocycles. The second kappa shape index (κ2) is 6.47. The van der Waals surface area contributed by atoms with E-state index in [1.165, 1.54) is 28.9 Å². The maximum atomic E-state index is 12.1. The van der Waals surface area contributed by atoms with E-state index >= 15 is 0 Å². The van der Waals surface area contributed by atoms with E-state index in [0.29, 0.717) is 6.04 Å². The zero-order valence-corrected chi connectivity index (χ0v) is 12.8. The van der Waals surface area contributed by atoms with Crippen LogP contribution in [0.5, 0.6) is 0 Å². The number of rotatable bonds is 4. The van der Waals surface area contributed by atoms with Gasteiger partial charge in [0.2, 0.25) is 5.91 Å². The fraction of sp³-hybridized carbons (Fsp3) is 0.562. The molecule has 1 atom stereocenters. The molecule has 2 rings (SSSR count). The number of aryl methyl sites for hydroxylation is 2. The summed E-state index contributed by atoms with van der Waals surface area (Å²) in [6.07, 6.45) is 4.80. The summed E-state index contributed by atoms with van der Waals surface area (Å²) in [5, 5.41) is 3.14. The molecule has 1 N–H and O–H groups in total. The van der Waals surface area contributed by atoms with Gasteiger partial charge in [0, 0.05) is 10.9 Å². The van der Waals surface area contributed by atoms with Crippen LogP contribution in [0.3, 0.4) is 0 Å². The normalized spacial score (nSPS) is 17.4. The fourth-order valence-corrected chi connectivity index (χ4v) is 3.41. The van der Waals surface area contributed by atoms with Crippen LogP contribution in [0.2, 0.25) is 0 Å². The van der Waals surface area contributed by atoms with Crippen molar-refractivity contribution in [3.63, 3.8) is 0 Å². The first kappa shape index (κ1) is 14.4. The molecule has 19 heavy (non-hydrogen) atoms. The average molecular weight is 277 g/mol. The lowest BCUT2D eigenvalue weighted by Crippen LogP contribution is -2.37. The first-order valence-electron chi connectivity index (χ1n) is 7.10. The lowest BCUT2D eigenvalue weighted by Gasteiger charge is -2.16. The molecule has 1 amide bonds.